The van der Waals surface area contributed by atoms with Crippen molar-refractivity contribution < 1.29 is 32.6 Å². The van der Waals surface area contributed by atoms with E-state index < -0.39 is 44.8 Å². The summed E-state index contributed by atoms with van der Waals surface area (Å²) in [7, 11) is -0.819. The minimum absolute atomic E-state index is 0.0245. The first-order chi connectivity index (χ1) is 22.2. The van der Waals surface area contributed by atoms with Crippen LogP contribution in [-0.2, 0) is 29.8 Å². The number of rotatable bonds is 15. The summed E-state index contributed by atoms with van der Waals surface area (Å²) >= 11 is 0. The molecule has 3 unspecified atom stereocenters. The van der Waals surface area contributed by atoms with Gasteiger partial charge in [-0.2, -0.15) is 0 Å². The Morgan fingerprint density at radius 3 is 2.08 bits per heavy atom. The van der Waals surface area contributed by atoms with Crippen LogP contribution in [0.3, 0.4) is 0 Å². The molecule has 48 heavy (non-hydrogen) atoms. The number of aliphatic hydroxyl groups excluding tert-OH is 1. The van der Waals surface area contributed by atoms with Crippen molar-refractivity contribution >= 4 is 27.7 Å². The molecule has 2 rings (SSSR count). The minimum atomic E-state index is -4.09. The Labute approximate surface area is 286 Å². The van der Waals surface area contributed by atoms with Gasteiger partial charge in [0.25, 0.3) is 10.0 Å². The largest absolute Gasteiger partial charge is 0.491 e. The Hall–Kier alpha value is -3.74. The van der Waals surface area contributed by atoms with Gasteiger partial charge in [0.15, 0.2) is 0 Å². The highest BCUT2D eigenvalue weighted by Gasteiger charge is 2.41. The number of ether oxygens (including phenoxy) is 1. The summed E-state index contributed by atoms with van der Waals surface area (Å²) in [5.41, 5.74) is 0.777. The lowest BCUT2D eigenvalue weighted by atomic mass is 9.76. The summed E-state index contributed by atoms with van der Waals surface area (Å²) in [6.07, 6.45) is 1.58. The maximum absolute atomic E-state index is 14.2. The molecule has 0 radical (unpaired) electrons. The summed E-state index contributed by atoms with van der Waals surface area (Å²) in [6.45, 7) is 16.6. The average molecular weight is 687 g/mol. The molecule has 0 aliphatic carbocycles. The number of amides is 3. The lowest BCUT2D eigenvalue weighted by Crippen LogP contribution is -2.60. The second-order valence-electron chi connectivity index (χ2n) is 14.1. The lowest BCUT2D eigenvalue weighted by molar-refractivity contribution is -0.138. The van der Waals surface area contributed by atoms with Crippen LogP contribution in [0.2, 0.25) is 0 Å². The van der Waals surface area contributed by atoms with E-state index >= 15 is 0 Å². The van der Waals surface area contributed by atoms with Crippen molar-refractivity contribution in [2.45, 2.75) is 84.7 Å². The van der Waals surface area contributed by atoms with Crippen molar-refractivity contribution in [2.24, 2.45) is 17.3 Å². The van der Waals surface area contributed by atoms with Gasteiger partial charge in [-0.1, -0.05) is 84.4 Å². The van der Waals surface area contributed by atoms with Gasteiger partial charge in [0.2, 0.25) is 17.7 Å². The number of nitrogens with zero attached hydrogens (tertiary/aromatic N) is 1. The van der Waals surface area contributed by atoms with Crippen molar-refractivity contribution in [1.29, 1.82) is 0 Å². The highest BCUT2D eigenvalue weighted by Crippen LogP contribution is 2.31. The topological polar surface area (TPSA) is 154 Å². The quantitative estimate of drug-likeness (QED) is 0.220. The number of nitrogens with one attached hydrogen (secondary N) is 3. The third-order valence-electron chi connectivity index (χ3n) is 8.32. The third kappa shape index (κ3) is 10.4. The molecule has 0 saturated carbocycles. The van der Waals surface area contributed by atoms with E-state index in [0.29, 0.717) is 11.4 Å². The first kappa shape index (κ1) is 40.4. The van der Waals surface area contributed by atoms with E-state index in [2.05, 4.69) is 15.4 Å². The molecular weight excluding hydrogens is 632 g/mol. The second kappa shape index (κ2) is 16.6. The van der Waals surface area contributed by atoms with Crippen molar-refractivity contribution in [3.8, 4) is 5.75 Å². The van der Waals surface area contributed by atoms with Crippen LogP contribution in [0, 0.1) is 24.2 Å². The molecule has 3 amide bonds. The molecule has 11 nitrogen and oxygen atoms in total. The van der Waals surface area contributed by atoms with E-state index in [-0.39, 0.29) is 35.8 Å². The maximum Gasteiger partial charge on any atom is 0.264 e. The monoisotopic (exact) mass is 686 g/mol. The lowest BCUT2D eigenvalue weighted by Gasteiger charge is -2.39. The molecular formula is C36H54N4O7S. The SMILES string of the molecule is CNC(C(=O)NC(C(=O)N(C)/C(=C/C(C)C(=O)NS(=O)(=O)c1ccc(C)cc1)C(C)C)C(C)(C)C)C(C)(C)c1cccc(OCCO)c1. The van der Waals surface area contributed by atoms with E-state index in [1.807, 2.05) is 73.6 Å². The molecule has 12 heteroatoms. The average Bonchev–Trinajstić information content (AvgIpc) is 3.00. The molecule has 0 aliphatic rings. The van der Waals surface area contributed by atoms with Crippen LogP contribution >= 0.6 is 0 Å². The fourth-order valence-electron chi connectivity index (χ4n) is 5.36. The Bertz CT molecular complexity index is 1560. The van der Waals surface area contributed by atoms with Crippen LogP contribution in [0.5, 0.6) is 5.75 Å². The first-order valence-corrected chi connectivity index (χ1v) is 17.6. The van der Waals surface area contributed by atoms with Gasteiger partial charge in [-0.05, 0) is 62.1 Å². The number of carbonyl (C=O) groups is 3. The molecule has 2 aromatic rings. The second-order valence-corrected chi connectivity index (χ2v) is 15.7. The maximum atomic E-state index is 14.2. The minimum Gasteiger partial charge on any atom is -0.491 e. The van der Waals surface area contributed by atoms with Gasteiger partial charge in [0.05, 0.1) is 23.5 Å². The van der Waals surface area contributed by atoms with Crippen molar-refractivity contribution in [1.82, 2.24) is 20.3 Å². The van der Waals surface area contributed by atoms with Crippen LogP contribution in [0.4, 0.5) is 0 Å². The smallest absolute Gasteiger partial charge is 0.264 e. The molecule has 0 spiro atoms. The predicted octanol–water partition coefficient (Wildman–Crippen LogP) is 3.90. The standard InChI is InChI=1S/C36H54N4O7S/c1-23(2)29(21-25(4)32(42)39-48(45,46)28-17-15-24(3)16-18-28)40(11)34(44)31(35(5,6)7)38-33(43)30(37-10)36(8,9)26-13-12-14-27(22-26)47-20-19-41/h12-18,21-23,25,30-31,37,41H,19-20H2,1-11H3,(H,38,43)(H,39,42)/b29-21+. The van der Waals surface area contributed by atoms with Gasteiger partial charge in [-0.3, -0.25) is 14.4 Å². The zero-order valence-corrected chi connectivity index (χ0v) is 31.0. The molecule has 266 valence electrons. The number of likely N-dealkylation sites (N-methyl/N-ethyl adjacent to an activating group) is 2. The fourth-order valence-corrected chi connectivity index (χ4v) is 6.42. The highest BCUT2D eigenvalue weighted by molar-refractivity contribution is 7.90. The summed E-state index contributed by atoms with van der Waals surface area (Å²) in [5.74, 6) is -2.05. The van der Waals surface area contributed by atoms with Gasteiger partial charge in [0.1, 0.15) is 18.4 Å². The number of aliphatic hydroxyl groups is 1. The number of hydrogen-bond donors (Lipinski definition) is 4. The zero-order valence-electron chi connectivity index (χ0n) is 30.2. The molecule has 0 aromatic heterocycles. The van der Waals surface area contributed by atoms with Crippen LogP contribution in [-0.4, -0.2) is 75.5 Å². The summed E-state index contributed by atoms with van der Waals surface area (Å²) in [4.78, 5) is 42.6. The zero-order chi connectivity index (χ0) is 36.6. The van der Waals surface area contributed by atoms with Gasteiger partial charge in [-0.15, -0.1) is 0 Å². The van der Waals surface area contributed by atoms with Crippen LogP contribution in [0.15, 0.2) is 65.2 Å². The highest BCUT2D eigenvalue weighted by atomic mass is 32.2. The van der Waals surface area contributed by atoms with Crippen molar-refractivity contribution in [3.63, 3.8) is 0 Å². The van der Waals surface area contributed by atoms with Crippen LogP contribution in [0.1, 0.15) is 66.5 Å². The van der Waals surface area contributed by atoms with E-state index in [1.54, 1.807) is 45.3 Å². The number of allylic oxidation sites excluding steroid dienone is 1. The van der Waals surface area contributed by atoms with Crippen molar-refractivity contribution in [3.05, 3.63) is 71.4 Å². The molecule has 2 aromatic carbocycles. The first-order valence-electron chi connectivity index (χ1n) is 16.1. The molecule has 0 saturated heterocycles. The Morgan fingerprint density at radius 1 is 0.958 bits per heavy atom. The van der Waals surface area contributed by atoms with Gasteiger partial charge < -0.3 is 25.4 Å². The number of benzene rings is 2. The van der Waals surface area contributed by atoms with Crippen LogP contribution < -0.4 is 20.1 Å². The number of carbonyl (C=O) groups excluding carboxylic acids is 3. The van der Waals surface area contributed by atoms with E-state index in [0.717, 1.165) is 11.1 Å². The third-order valence-corrected chi connectivity index (χ3v) is 9.68. The van der Waals surface area contributed by atoms with Gasteiger partial charge >= 0.3 is 0 Å². The van der Waals surface area contributed by atoms with Gasteiger partial charge in [-0.25, -0.2) is 13.1 Å². The molecule has 4 N–H and O–H groups in total. The van der Waals surface area contributed by atoms with Gasteiger partial charge in [0, 0.05) is 18.2 Å². The van der Waals surface area contributed by atoms with E-state index in [4.69, 9.17) is 9.84 Å². The molecule has 0 aliphatic heterocycles. The Kier molecular flexibility index (Phi) is 14.0. The summed E-state index contributed by atoms with van der Waals surface area (Å²) in [6, 6.07) is 11.8. The fraction of sp³-hybridized carbons (Fsp3) is 0.528. The number of aryl methyl sites for hydroxylation is 1. The summed E-state index contributed by atoms with van der Waals surface area (Å²) < 4.78 is 33.4. The van der Waals surface area contributed by atoms with Crippen LogP contribution in [0.25, 0.3) is 0 Å². The molecule has 0 heterocycles. The van der Waals surface area contributed by atoms with Crippen molar-refractivity contribution in [2.75, 3.05) is 27.3 Å². The molecule has 0 fully saturated rings. The molecule has 0 bridgehead atoms. The summed E-state index contributed by atoms with van der Waals surface area (Å²) in [5, 5.41) is 15.3. The Balaban J connectivity index is 2.34. The van der Waals surface area contributed by atoms with E-state index in [9.17, 15) is 22.8 Å². The number of hydrogen-bond acceptors (Lipinski definition) is 8. The Morgan fingerprint density at radius 2 is 1.56 bits per heavy atom. The normalized spacial score (nSPS) is 14.6. The van der Waals surface area contributed by atoms with E-state index in [1.165, 1.54) is 17.0 Å². The predicted molar refractivity (Wildman–Crippen MR) is 188 cm³/mol. The molecule has 3 atom stereocenters. The number of sulfonamides is 1.